The first-order chi connectivity index (χ1) is 20.3. The summed E-state index contributed by atoms with van der Waals surface area (Å²) in [6.07, 6.45) is 6.44. The zero-order chi connectivity index (χ0) is 30.3. The summed E-state index contributed by atoms with van der Waals surface area (Å²) in [5.74, 6) is -0.0165. The van der Waals surface area contributed by atoms with Crippen LogP contribution in [0.5, 0.6) is 17.2 Å². The van der Waals surface area contributed by atoms with Crippen molar-refractivity contribution < 1.29 is 33.4 Å². The Morgan fingerprint density at radius 2 is 1.24 bits per heavy atom. The predicted octanol–water partition coefficient (Wildman–Crippen LogP) is 7.99. The lowest BCUT2D eigenvalue weighted by Crippen LogP contribution is -2.11. The van der Waals surface area contributed by atoms with Crippen LogP contribution in [0.15, 0.2) is 66.7 Å². The number of aryl methyl sites for hydroxylation is 1. The average Bonchev–Trinajstić information content (AvgIpc) is 2.97. The SMILES string of the molecule is CCCCCC(=O)Oc1ccc(C(=O)Oc2ccc(CC(=O)c3ccc(OC(=O)CCCCCBr)cc3)cc2C)cc1. The molecule has 0 aliphatic rings. The lowest BCUT2D eigenvalue weighted by molar-refractivity contribution is -0.135. The van der Waals surface area contributed by atoms with Crippen molar-refractivity contribution in [3.05, 3.63) is 89.0 Å². The van der Waals surface area contributed by atoms with Gasteiger partial charge in [0.25, 0.3) is 0 Å². The van der Waals surface area contributed by atoms with Gasteiger partial charge in [0, 0.05) is 30.2 Å². The van der Waals surface area contributed by atoms with E-state index in [1.165, 1.54) is 0 Å². The van der Waals surface area contributed by atoms with Crippen LogP contribution in [0, 0.1) is 6.92 Å². The molecule has 0 N–H and O–H groups in total. The van der Waals surface area contributed by atoms with Gasteiger partial charge in [-0.3, -0.25) is 14.4 Å². The minimum atomic E-state index is -0.539. The summed E-state index contributed by atoms with van der Waals surface area (Å²) in [5, 5.41) is 0.922. The number of hydrogen-bond donors (Lipinski definition) is 0. The van der Waals surface area contributed by atoms with Crippen LogP contribution in [-0.2, 0) is 16.0 Å². The van der Waals surface area contributed by atoms with E-state index in [0.717, 1.165) is 49.4 Å². The molecule has 0 saturated carbocycles. The summed E-state index contributed by atoms with van der Waals surface area (Å²) < 4.78 is 16.2. The lowest BCUT2D eigenvalue weighted by atomic mass is 10.0. The molecule has 3 rings (SSSR count). The van der Waals surface area contributed by atoms with Crippen LogP contribution in [0.1, 0.15) is 90.1 Å². The highest BCUT2D eigenvalue weighted by Gasteiger charge is 2.14. The first-order valence-corrected chi connectivity index (χ1v) is 15.4. The van der Waals surface area contributed by atoms with Gasteiger partial charge in [-0.2, -0.15) is 0 Å². The largest absolute Gasteiger partial charge is 0.427 e. The summed E-state index contributed by atoms with van der Waals surface area (Å²) in [6, 6.07) is 18.0. The van der Waals surface area contributed by atoms with Gasteiger partial charge in [0.2, 0.25) is 0 Å². The van der Waals surface area contributed by atoms with Crippen LogP contribution >= 0.6 is 15.9 Å². The molecule has 0 spiro atoms. The van der Waals surface area contributed by atoms with Crippen molar-refractivity contribution in [1.29, 1.82) is 0 Å². The second-order valence-corrected chi connectivity index (χ2v) is 10.8. The van der Waals surface area contributed by atoms with E-state index >= 15 is 0 Å². The Morgan fingerprint density at radius 1 is 0.667 bits per heavy atom. The van der Waals surface area contributed by atoms with Gasteiger partial charge in [0.15, 0.2) is 5.78 Å². The van der Waals surface area contributed by atoms with Crippen LogP contribution in [-0.4, -0.2) is 29.0 Å². The van der Waals surface area contributed by atoms with Gasteiger partial charge < -0.3 is 14.2 Å². The zero-order valence-corrected chi connectivity index (χ0v) is 25.7. The molecule has 0 bridgehead atoms. The Kier molecular flexibility index (Phi) is 13.4. The number of carbonyl (C=O) groups is 4. The van der Waals surface area contributed by atoms with Gasteiger partial charge in [-0.25, -0.2) is 4.79 Å². The zero-order valence-electron chi connectivity index (χ0n) is 24.2. The average molecular weight is 638 g/mol. The Hall–Kier alpha value is -3.78. The highest BCUT2D eigenvalue weighted by Crippen LogP contribution is 2.23. The highest BCUT2D eigenvalue weighted by atomic mass is 79.9. The molecule has 0 aliphatic carbocycles. The Bertz CT molecular complexity index is 1350. The third kappa shape index (κ3) is 10.9. The minimum Gasteiger partial charge on any atom is -0.427 e. The molecule has 0 atom stereocenters. The Balaban J connectivity index is 1.50. The minimum absolute atomic E-state index is 0.0852. The first-order valence-electron chi connectivity index (χ1n) is 14.3. The molecule has 42 heavy (non-hydrogen) atoms. The van der Waals surface area contributed by atoms with Crippen LogP contribution in [0.2, 0.25) is 0 Å². The second kappa shape index (κ2) is 17.2. The predicted molar refractivity (Wildman–Crippen MR) is 165 cm³/mol. The van der Waals surface area contributed by atoms with E-state index in [1.807, 2.05) is 6.07 Å². The molecule has 222 valence electrons. The van der Waals surface area contributed by atoms with Gasteiger partial charge in [-0.1, -0.05) is 54.2 Å². The molecule has 0 amide bonds. The first kappa shape index (κ1) is 32.7. The number of unbranched alkanes of at least 4 members (excludes halogenated alkanes) is 4. The number of hydrogen-bond acceptors (Lipinski definition) is 7. The Morgan fingerprint density at radius 3 is 1.79 bits per heavy atom. The fourth-order valence-electron chi connectivity index (χ4n) is 4.18. The van der Waals surface area contributed by atoms with Crippen LogP contribution in [0.4, 0.5) is 0 Å². The maximum Gasteiger partial charge on any atom is 0.343 e. The van der Waals surface area contributed by atoms with Gasteiger partial charge in [0.1, 0.15) is 17.2 Å². The van der Waals surface area contributed by atoms with Crippen LogP contribution in [0.25, 0.3) is 0 Å². The van der Waals surface area contributed by atoms with Gasteiger partial charge >= 0.3 is 17.9 Å². The van der Waals surface area contributed by atoms with Crippen molar-refractivity contribution in [2.24, 2.45) is 0 Å². The molecule has 0 aliphatic heterocycles. The van der Waals surface area contributed by atoms with Gasteiger partial charge in [-0.15, -0.1) is 0 Å². The Labute approximate surface area is 255 Å². The number of ether oxygens (including phenoxy) is 3. The van der Waals surface area contributed by atoms with E-state index in [2.05, 4.69) is 22.9 Å². The third-order valence-electron chi connectivity index (χ3n) is 6.54. The molecular formula is C34H37BrO7. The number of halogens is 1. The number of benzene rings is 3. The number of rotatable bonds is 16. The lowest BCUT2D eigenvalue weighted by Gasteiger charge is -2.10. The number of ketones is 1. The molecule has 0 saturated heterocycles. The van der Waals surface area contributed by atoms with Crippen molar-refractivity contribution >= 4 is 39.6 Å². The monoisotopic (exact) mass is 636 g/mol. The molecule has 0 heterocycles. The molecule has 0 unspecified atom stereocenters. The van der Waals surface area contributed by atoms with Crippen LogP contribution in [0.3, 0.4) is 0 Å². The molecule has 0 aromatic heterocycles. The molecule has 0 fully saturated rings. The topological polar surface area (TPSA) is 96.0 Å². The molecule has 3 aromatic carbocycles. The van der Waals surface area contributed by atoms with Crippen LogP contribution < -0.4 is 14.2 Å². The van der Waals surface area contributed by atoms with Gasteiger partial charge in [0.05, 0.1) is 5.56 Å². The number of esters is 3. The number of alkyl halides is 1. The molecule has 8 heteroatoms. The maximum absolute atomic E-state index is 12.8. The van der Waals surface area contributed by atoms with Gasteiger partial charge in [-0.05, 0) is 91.9 Å². The maximum atomic E-state index is 12.8. The summed E-state index contributed by atoms with van der Waals surface area (Å²) in [5.41, 5.74) is 2.32. The molecule has 7 nitrogen and oxygen atoms in total. The molecule has 3 aromatic rings. The summed E-state index contributed by atoms with van der Waals surface area (Å²) in [4.78, 5) is 49.4. The molecular weight excluding hydrogens is 600 g/mol. The van der Waals surface area contributed by atoms with E-state index in [9.17, 15) is 19.2 Å². The number of Topliss-reactive ketones (excluding diaryl/α,β-unsaturated/α-hetero) is 1. The van der Waals surface area contributed by atoms with Crippen molar-refractivity contribution in [1.82, 2.24) is 0 Å². The smallest absolute Gasteiger partial charge is 0.343 e. The quantitative estimate of drug-likeness (QED) is 0.0517. The van der Waals surface area contributed by atoms with Crippen molar-refractivity contribution in [2.75, 3.05) is 5.33 Å². The fourth-order valence-corrected chi connectivity index (χ4v) is 4.57. The van der Waals surface area contributed by atoms with Crippen molar-refractivity contribution in [3.8, 4) is 17.2 Å². The third-order valence-corrected chi connectivity index (χ3v) is 7.10. The fraction of sp³-hybridized carbons (Fsp3) is 0.353. The standard InChI is InChI=1S/C34H37BrO7/c1-3-4-6-9-32(37)41-29-18-14-27(15-19-29)34(39)42-31-20-11-25(22-24(31)2)23-30(36)26-12-16-28(17-13-26)40-33(38)10-7-5-8-21-35/h11-20,22H,3-10,21,23H2,1-2H3. The van der Waals surface area contributed by atoms with E-state index in [4.69, 9.17) is 14.2 Å². The van der Waals surface area contributed by atoms with E-state index in [-0.39, 0.29) is 24.1 Å². The second-order valence-electron chi connectivity index (χ2n) is 10.0. The van der Waals surface area contributed by atoms with E-state index in [1.54, 1.807) is 67.6 Å². The summed E-state index contributed by atoms with van der Waals surface area (Å²) >= 11 is 3.37. The van der Waals surface area contributed by atoms with Crippen molar-refractivity contribution in [3.63, 3.8) is 0 Å². The summed E-state index contributed by atoms with van der Waals surface area (Å²) in [6.45, 7) is 3.88. The van der Waals surface area contributed by atoms with E-state index in [0.29, 0.717) is 46.8 Å². The highest BCUT2D eigenvalue weighted by molar-refractivity contribution is 9.09. The molecule has 0 radical (unpaired) electrons. The van der Waals surface area contributed by atoms with E-state index < -0.39 is 5.97 Å². The van der Waals surface area contributed by atoms with Crippen molar-refractivity contribution in [2.45, 2.75) is 71.6 Å². The normalized spacial score (nSPS) is 10.6. The number of carbonyl (C=O) groups excluding carboxylic acids is 4. The summed E-state index contributed by atoms with van der Waals surface area (Å²) in [7, 11) is 0.